The molecule has 1 atom stereocenters. The van der Waals surface area contributed by atoms with Crippen molar-refractivity contribution in [1.82, 2.24) is 10.2 Å². The van der Waals surface area contributed by atoms with E-state index in [-0.39, 0.29) is 30.4 Å². The highest BCUT2D eigenvalue weighted by Gasteiger charge is 2.33. The molecule has 0 bridgehead atoms. The fourth-order valence-corrected chi connectivity index (χ4v) is 4.42. The molecule has 0 saturated heterocycles. The minimum atomic E-state index is -1.10. The van der Waals surface area contributed by atoms with Gasteiger partial charge in [-0.2, -0.15) is 0 Å². The van der Waals surface area contributed by atoms with Gasteiger partial charge >= 0.3 is 12.1 Å². The number of hydrogen-bond acceptors (Lipinski definition) is 4. The van der Waals surface area contributed by atoms with Crippen molar-refractivity contribution in [2.75, 3.05) is 19.7 Å². The Morgan fingerprint density at radius 3 is 2.00 bits per heavy atom. The van der Waals surface area contributed by atoms with Gasteiger partial charge in [0.2, 0.25) is 5.91 Å². The van der Waals surface area contributed by atoms with E-state index < -0.39 is 30.6 Å². The van der Waals surface area contributed by atoms with Crippen LogP contribution in [0.15, 0.2) is 48.5 Å². The Hall–Kier alpha value is -3.35. The number of amides is 2. The number of rotatable bonds is 8. The molecule has 2 aromatic carbocycles. The van der Waals surface area contributed by atoms with Crippen LogP contribution >= 0.6 is 0 Å². The second-order valence-corrected chi connectivity index (χ2v) is 10.3. The van der Waals surface area contributed by atoms with Crippen LogP contribution in [0, 0.1) is 11.3 Å². The lowest BCUT2D eigenvalue weighted by Gasteiger charge is -2.33. The van der Waals surface area contributed by atoms with Crippen LogP contribution in [-0.4, -0.2) is 53.7 Å². The number of nitrogens with zero attached hydrogens (tertiary/aromatic N) is 1. The third-order valence-corrected chi connectivity index (χ3v) is 5.85. The normalized spacial score (nSPS) is 13.7. The van der Waals surface area contributed by atoms with Crippen LogP contribution in [-0.2, 0) is 14.3 Å². The molecule has 0 radical (unpaired) electrons. The largest absolute Gasteiger partial charge is 0.480 e. The standard InChI is InChI=1S/C27H34N2O5/c1-17(2)24(25(32)29(14-23(30)31)16-27(3,4)5)28-26(33)34-15-22-20-12-8-6-10-18(20)19-11-7-9-13-21(19)22/h6-13,17,22,24H,14-16H2,1-5H3,(H,28,33)(H,30,31)/t24-/m1/s1. The topological polar surface area (TPSA) is 95.9 Å². The first-order valence-electron chi connectivity index (χ1n) is 11.6. The third-order valence-electron chi connectivity index (χ3n) is 5.85. The number of benzene rings is 2. The molecule has 3 rings (SSSR count). The van der Waals surface area contributed by atoms with Crippen LogP contribution in [0.1, 0.15) is 51.7 Å². The van der Waals surface area contributed by atoms with Gasteiger partial charge in [-0.3, -0.25) is 9.59 Å². The van der Waals surface area contributed by atoms with Crippen LogP contribution in [0.2, 0.25) is 0 Å². The maximum absolute atomic E-state index is 13.2. The number of aliphatic carboxylic acids is 1. The number of hydrogen-bond donors (Lipinski definition) is 2. The highest BCUT2D eigenvalue weighted by Crippen LogP contribution is 2.44. The molecule has 34 heavy (non-hydrogen) atoms. The molecule has 0 unspecified atom stereocenters. The SMILES string of the molecule is CC(C)[C@@H](NC(=O)OCC1c2ccccc2-c2ccccc21)C(=O)N(CC(=O)O)CC(C)(C)C. The minimum Gasteiger partial charge on any atom is -0.480 e. The predicted molar refractivity (Wildman–Crippen MR) is 131 cm³/mol. The third kappa shape index (κ3) is 5.95. The van der Waals surface area contributed by atoms with Gasteiger partial charge < -0.3 is 20.1 Å². The fraction of sp³-hybridized carbons (Fsp3) is 0.444. The summed E-state index contributed by atoms with van der Waals surface area (Å²) in [5, 5.41) is 12.0. The number of carboxylic acids is 1. The van der Waals surface area contributed by atoms with Crippen LogP contribution in [0.25, 0.3) is 11.1 Å². The fourth-order valence-electron chi connectivity index (χ4n) is 4.42. The lowest BCUT2D eigenvalue weighted by atomic mass is 9.94. The summed E-state index contributed by atoms with van der Waals surface area (Å²) in [7, 11) is 0. The molecular formula is C27H34N2O5. The van der Waals surface area contributed by atoms with E-state index in [2.05, 4.69) is 17.4 Å². The lowest BCUT2D eigenvalue weighted by molar-refractivity contribution is -0.146. The highest BCUT2D eigenvalue weighted by atomic mass is 16.5. The zero-order valence-corrected chi connectivity index (χ0v) is 20.5. The van der Waals surface area contributed by atoms with Crippen molar-refractivity contribution >= 4 is 18.0 Å². The van der Waals surface area contributed by atoms with Crippen molar-refractivity contribution in [2.24, 2.45) is 11.3 Å². The number of alkyl carbamates (subject to hydrolysis) is 1. The Labute approximate surface area is 201 Å². The van der Waals surface area contributed by atoms with E-state index in [4.69, 9.17) is 4.74 Å². The molecule has 2 N–H and O–H groups in total. The van der Waals surface area contributed by atoms with Crippen molar-refractivity contribution in [3.8, 4) is 11.1 Å². The number of nitrogens with one attached hydrogen (secondary N) is 1. The van der Waals surface area contributed by atoms with Gasteiger partial charge in [-0.25, -0.2) is 4.79 Å². The number of ether oxygens (including phenoxy) is 1. The molecule has 0 aromatic heterocycles. The monoisotopic (exact) mass is 466 g/mol. The summed E-state index contributed by atoms with van der Waals surface area (Å²) >= 11 is 0. The van der Waals surface area contributed by atoms with Crippen LogP contribution in [0.5, 0.6) is 0 Å². The average Bonchev–Trinajstić information content (AvgIpc) is 3.07. The maximum Gasteiger partial charge on any atom is 0.407 e. The molecule has 0 aliphatic heterocycles. The molecule has 7 heteroatoms. The van der Waals surface area contributed by atoms with Gasteiger partial charge in [0.05, 0.1) is 0 Å². The van der Waals surface area contributed by atoms with E-state index in [1.807, 2.05) is 71.0 Å². The molecule has 0 fully saturated rings. The Morgan fingerprint density at radius 1 is 1.00 bits per heavy atom. The zero-order valence-electron chi connectivity index (χ0n) is 20.5. The quantitative estimate of drug-likeness (QED) is 0.597. The first-order chi connectivity index (χ1) is 16.0. The summed E-state index contributed by atoms with van der Waals surface area (Å²) in [5.41, 5.74) is 4.18. The van der Waals surface area contributed by atoms with Gasteiger partial charge in [-0.1, -0.05) is 83.1 Å². The molecule has 2 aromatic rings. The summed E-state index contributed by atoms with van der Waals surface area (Å²) in [6, 6.07) is 15.2. The highest BCUT2D eigenvalue weighted by molar-refractivity contribution is 5.88. The zero-order chi connectivity index (χ0) is 25.0. The van der Waals surface area contributed by atoms with Crippen molar-refractivity contribution in [3.63, 3.8) is 0 Å². The van der Waals surface area contributed by atoms with Gasteiger partial charge in [0.15, 0.2) is 0 Å². The van der Waals surface area contributed by atoms with Crippen LogP contribution < -0.4 is 5.32 Å². The second kappa shape index (κ2) is 10.3. The number of carbonyl (C=O) groups excluding carboxylic acids is 2. The van der Waals surface area contributed by atoms with E-state index in [0.717, 1.165) is 22.3 Å². The van der Waals surface area contributed by atoms with Gasteiger partial charge in [-0.05, 0) is 33.6 Å². The van der Waals surface area contributed by atoms with Crippen molar-refractivity contribution in [3.05, 3.63) is 59.7 Å². The van der Waals surface area contributed by atoms with E-state index in [0.29, 0.717) is 0 Å². The minimum absolute atomic E-state index is 0.0873. The lowest BCUT2D eigenvalue weighted by Crippen LogP contribution is -2.54. The summed E-state index contributed by atoms with van der Waals surface area (Å²) in [6.07, 6.45) is -0.694. The summed E-state index contributed by atoms with van der Waals surface area (Å²) in [4.78, 5) is 38.6. The molecule has 1 aliphatic carbocycles. The molecule has 0 heterocycles. The van der Waals surface area contributed by atoms with E-state index in [9.17, 15) is 19.5 Å². The number of fused-ring (bicyclic) bond motifs is 3. The first kappa shape index (κ1) is 25.3. The molecule has 0 spiro atoms. The molecule has 2 amide bonds. The smallest absolute Gasteiger partial charge is 0.407 e. The maximum atomic E-state index is 13.2. The van der Waals surface area contributed by atoms with Crippen molar-refractivity contribution < 1.29 is 24.2 Å². The summed E-state index contributed by atoms with van der Waals surface area (Å²) in [5.74, 6) is -1.86. The van der Waals surface area contributed by atoms with Crippen molar-refractivity contribution in [1.29, 1.82) is 0 Å². The van der Waals surface area contributed by atoms with Gasteiger partial charge in [0, 0.05) is 12.5 Å². The first-order valence-corrected chi connectivity index (χ1v) is 11.6. The Kier molecular flexibility index (Phi) is 7.64. The Bertz CT molecular complexity index is 1010. The van der Waals surface area contributed by atoms with Crippen molar-refractivity contribution in [2.45, 2.75) is 46.6 Å². The molecule has 1 aliphatic rings. The van der Waals surface area contributed by atoms with E-state index in [1.54, 1.807) is 0 Å². The number of carboxylic acid groups (broad SMARTS) is 1. The molecule has 0 saturated carbocycles. The van der Waals surface area contributed by atoms with Crippen LogP contribution in [0.3, 0.4) is 0 Å². The van der Waals surface area contributed by atoms with Gasteiger partial charge in [-0.15, -0.1) is 0 Å². The van der Waals surface area contributed by atoms with Gasteiger partial charge in [0.1, 0.15) is 19.2 Å². The van der Waals surface area contributed by atoms with E-state index >= 15 is 0 Å². The molecular weight excluding hydrogens is 432 g/mol. The summed E-state index contributed by atoms with van der Waals surface area (Å²) in [6.45, 7) is 9.37. The summed E-state index contributed by atoms with van der Waals surface area (Å²) < 4.78 is 5.60. The molecule has 182 valence electrons. The Balaban J connectivity index is 1.71. The van der Waals surface area contributed by atoms with Gasteiger partial charge in [0.25, 0.3) is 0 Å². The predicted octanol–water partition coefficient (Wildman–Crippen LogP) is 4.51. The number of carbonyl (C=O) groups is 3. The van der Waals surface area contributed by atoms with E-state index in [1.165, 1.54) is 4.90 Å². The Morgan fingerprint density at radius 2 is 1.53 bits per heavy atom. The molecule has 7 nitrogen and oxygen atoms in total. The second-order valence-electron chi connectivity index (χ2n) is 10.3. The van der Waals surface area contributed by atoms with Crippen LogP contribution in [0.4, 0.5) is 4.79 Å². The average molecular weight is 467 g/mol.